The van der Waals surface area contributed by atoms with Crippen molar-refractivity contribution in [1.29, 1.82) is 0 Å². The second kappa shape index (κ2) is 6.58. The van der Waals surface area contributed by atoms with Crippen LogP contribution in [-0.2, 0) is 9.59 Å². The fraction of sp³-hybridized carbons (Fsp3) is 0.385. The van der Waals surface area contributed by atoms with Gasteiger partial charge in [-0.2, -0.15) is 0 Å². The summed E-state index contributed by atoms with van der Waals surface area (Å²) in [5, 5.41) is 12.3. The number of carbonyl (C=O) groups excluding carboxylic acids is 1. The molecule has 1 aliphatic heterocycles. The van der Waals surface area contributed by atoms with E-state index in [0.717, 1.165) is 0 Å². The number of carbonyl (C=O) groups is 2. The zero-order chi connectivity index (χ0) is 14.5. The van der Waals surface area contributed by atoms with E-state index in [1.165, 1.54) is 0 Å². The number of hydrogen-bond acceptors (Lipinski definition) is 4. The van der Waals surface area contributed by atoms with E-state index in [9.17, 15) is 9.59 Å². The summed E-state index contributed by atoms with van der Waals surface area (Å²) >= 11 is 5.76. The molecule has 0 aromatic heterocycles. The van der Waals surface area contributed by atoms with Crippen molar-refractivity contribution in [3.8, 4) is 5.75 Å². The molecule has 1 atom stereocenters. The molecule has 0 bridgehead atoms. The minimum atomic E-state index is -0.948. The number of amides is 1. The van der Waals surface area contributed by atoms with Crippen LogP contribution in [0, 0.1) is 0 Å². The van der Waals surface area contributed by atoms with Crippen molar-refractivity contribution in [1.82, 2.24) is 10.2 Å². The van der Waals surface area contributed by atoms with Crippen molar-refractivity contribution >= 4 is 23.5 Å². The first-order chi connectivity index (χ1) is 9.56. The third kappa shape index (κ3) is 3.85. The molecule has 2 rings (SSSR count). The molecule has 1 saturated heterocycles. The van der Waals surface area contributed by atoms with Crippen LogP contribution in [0.25, 0.3) is 0 Å². The lowest BCUT2D eigenvalue weighted by Gasteiger charge is -2.32. The van der Waals surface area contributed by atoms with Gasteiger partial charge >= 0.3 is 5.97 Å². The standard InChI is InChI=1S/C13H15ClN2O4/c14-9-1-3-10(4-2-9)20-6-5-16-8-12(17)15-7-11(16)13(18)19/h1-4,11H,5-8H2,(H,15,17)(H,18,19). The first kappa shape index (κ1) is 14.6. The van der Waals surface area contributed by atoms with E-state index in [1.807, 2.05) is 0 Å². The minimum absolute atomic E-state index is 0.0704. The van der Waals surface area contributed by atoms with E-state index < -0.39 is 12.0 Å². The van der Waals surface area contributed by atoms with E-state index in [-0.39, 0.29) is 19.0 Å². The summed E-state index contributed by atoms with van der Waals surface area (Å²) in [4.78, 5) is 24.0. The van der Waals surface area contributed by atoms with E-state index >= 15 is 0 Å². The molecule has 1 fully saturated rings. The van der Waals surface area contributed by atoms with Crippen LogP contribution < -0.4 is 10.1 Å². The van der Waals surface area contributed by atoms with Gasteiger partial charge in [-0.25, -0.2) is 0 Å². The summed E-state index contributed by atoms with van der Waals surface area (Å²) in [5.41, 5.74) is 0. The van der Waals surface area contributed by atoms with Crippen molar-refractivity contribution in [2.24, 2.45) is 0 Å². The fourth-order valence-corrected chi connectivity index (χ4v) is 2.11. The zero-order valence-corrected chi connectivity index (χ0v) is 11.5. The van der Waals surface area contributed by atoms with Crippen molar-refractivity contribution < 1.29 is 19.4 Å². The molecule has 7 heteroatoms. The second-order valence-corrected chi connectivity index (χ2v) is 4.87. The Morgan fingerprint density at radius 1 is 1.45 bits per heavy atom. The van der Waals surface area contributed by atoms with E-state index in [0.29, 0.717) is 23.9 Å². The van der Waals surface area contributed by atoms with Crippen LogP contribution in [0.3, 0.4) is 0 Å². The number of aliphatic carboxylic acids is 1. The molecule has 108 valence electrons. The molecular weight excluding hydrogens is 284 g/mol. The van der Waals surface area contributed by atoms with E-state index in [2.05, 4.69) is 5.32 Å². The van der Waals surface area contributed by atoms with Gasteiger partial charge in [0.05, 0.1) is 6.54 Å². The number of rotatable bonds is 5. The van der Waals surface area contributed by atoms with Gasteiger partial charge in [-0.1, -0.05) is 11.6 Å². The molecule has 2 N–H and O–H groups in total. The molecule has 0 saturated carbocycles. The Kier molecular flexibility index (Phi) is 4.81. The number of piperazine rings is 1. The normalized spacial score (nSPS) is 19.4. The lowest BCUT2D eigenvalue weighted by atomic mass is 10.2. The maximum absolute atomic E-state index is 11.3. The van der Waals surface area contributed by atoms with Gasteiger partial charge in [0.15, 0.2) is 0 Å². The topological polar surface area (TPSA) is 78.9 Å². The van der Waals surface area contributed by atoms with E-state index in [1.54, 1.807) is 29.2 Å². The van der Waals surface area contributed by atoms with Crippen LogP contribution in [-0.4, -0.2) is 54.2 Å². The zero-order valence-electron chi connectivity index (χ0n) is 10.7. The van der Waals surface area contributed by atoms with Crippen molar-refractivity contribution in [3.05, 3.63) is 29.3 Å². The summed E-state index contributed by atoms with van der Waals surface area (Å²) in [6.45, 7) is 0.863. The lowest BCUT2D eigenvalue weighted by molar-refractivity contribution is -0.146. The minimum Gasteiger partial charge on any atom is -0.492 e. The van der Waals surface area contributed by atoms with Crippen LogP contribution in [0.1, 0.15) is 0 Å². The van der Waals surface area contributed by atoms with Gasteiger partial charge in [-0.05, 0) is 24.3 Å². The van der Waals surface area contributed by atoms with Crippen LogP contribution in [0.5, 0.6) is 5.75 Å². The number of carboxylic acids is 1. The summed E-state index contributed by atoms with van der Waals surface area (Å²) < 4.78 is 5.50. The number of nitrogens with zero attached hydrogens (tertiary/aromatic N) is 1. The van der Waals surface area contributed by atoms with Crippen LogP contribution >= 0.6 is 11.6 Å². The molecule has 1 aliphatic rings. The highest BCUT2D eigenvalue weighted by molar-refractivity contribution is 6.30. The number of hydrogen-bond donors (Lipinski definition) is 2. The summed E-state index contributed by atoms with van der Waals surface area (Å²) in [6.07, 6.45) is 0. The van der Waals surface area contributed by atoms with Crippen LogP contribution in [0.15, 0.2) is 24.3 Å². The van der Waals surface area contributed by atoms with E-state index in [4.69, 9.17) is 21.4 Å². The Balaban J connectivity index is 1.86. The van der Waals surface area contributed by atoms with Crippen LogP contribution in [0.2, 0.25) is 5.02 Å². The molecule has 20 heavy (non-hydrogen) atoms. The average molecular weight is 299 g/mol. The fourth-order valence-electron chi connectivity index (χ4n) is 1.98. The number of halogens is 1. The largest absolute Gasteiger partial charge is 0.492 e. The monoisotopic (exact) mass is 298 g/mol. The summed E-state index contributed by atoms with van der Waals surface area (Å²) in [5.74, 6) is -0.465. The van der Waals surface area contributed by atoms with Gasteiger partial charge in [0, 0.05) is 18.1 Å². The molecule has 1 unspecified atom stereocenters. The Hall–Kier alpha value is -1.79. The molecule has 1 heterocycles. The predicted molar refractivity (Wildman–Crippen MR) is 73.0 cm³/mol. The van der Waals surface area contributed by atoms with Gasteiger partial charge in [0.2, 0.25) is 5.91 Å². The Bertz CT molecular complexity index is 492. The van der Waals surface area contributed by atoms with Crippen molar-refractivity contribution in [2.75, 3.05) is 26.2 Å². The Morgan fingerprint density at radius 3 is 2.80 bits per heavy atom. The Morgan fingerprint density at radius 2 is 2.15 bits per heavy atom. The third-order valence-corrected chi connectivity index (χ3v) is 3.28. The third-order valence-electron chi connectivity index (χ3n) is 3.03. The number of nitrogens with one attached hydrogen (secondary N) is 1. The van der Waals surface area contributed by atoms with Gasteiger partial charge in [-0.3, -0.25) is 14.5 Å². The molecular formula is C13H15ClN2O4. The molecule has 6 nitrogen and oxygen atoms in total. The average Bonchev–Trinajstić information content (AvgIpc) is 2.41. The maximum atomic E-state index is 11.3. The first-order valence-corrected chi connectivity index (χ1v) is 6.56. The van der Waals surface area contributed by atoms with Gasteiger partial charge in [-0.15, -0.1) is 0 Å². The second-order valence-electron chi connectivity index (χ2n) is 4.43. The smallest absolute Gasteiger partial charge is 0.322 e. The van der Waals surface area contributed by atoms with Gasteiger partial charge < -0.3 is 15.2 Å². The lowest BCUT2D eigenvalue weighted by Crippen LogP contribution is -2.58. The Labute approximate surface area is 121 Å². The predicted octanol–water partition coefficient (Wildman–Crippen LogP) is 0.604. The van der Waals surface area contributed by atoms with Gasteiger partial charge in [0.25, 0.3) is 0 Å². The number of ether oxygens (including phenoxy) is 1. The number of carboxylic acid groups (broad SMARTS) is 1. The number of benzene rings is 1. The quantitative estimate of drug-likeness (QED) is 0.832. The highest BCUT2D eigenvalue weighted by Crippen LogP contribution is 2.15. The molecule has 1 amide bonds. The highest BCUT2D eigenvalue weighted by Gasteiger charge is 2.31. The van der Waals surface area contributed by atoms with Crippen LogP contribution in [0.4, 0.5) is 0 Å². The molecule has 1 aromatic carbocycles. The molecule has 0 radical (unpaired) electrons. The maximum Gasteiger partial charge on any atom is 0.322 e. The SMILES string of the molecule is O=C1CN(CCOc2ccc(Cl)cc2)C(C(=O)O)CN1. The molecule has 1 aromatic rings. The van der Waals surface area contributed by atoms with Crippen molar-refractivity contribution in [2.45, 2.75) is 6.04 Å². The molecule has 0 aliphatic carbocycles. The van der Waals surface area contributed by atoms with Gasteiger partial charge in [0.1, 0.15) is 18.4 Å². The molecule has 0 spiro atoms. The summed E-state index contributed by atoms with van der Waals surface area (Å²) in [7, 11) is 0. The first-order valence-electron chi connectivity index (χ1n) is 6.18. The summed E-state index contributed by atoms with van der Waals surface area (Å²) in [6, 6.07) is 6.19. The highest BCUT2D eigenvalue weighted by atomic mass is 35.5. The van der Waals surface area contributed by atoms with Crippen molar-refractivity contribution in [3.63, 3.8) is 0 Å².